The van der Waals surface area contributed by atoms with Gasteiger partial charge in [0, 0.05) is 24.1 Å². The molecule has 4 aromatic rings. The number of rotatable bonds is 13. The van der Waals surface area contributed by atoms with Gasteiger partial charge >= 0.3 is 0 Å². The van der Waals surface area contributed by atoms with Crippen LogP contribution in [0.2, 0.25) is 0 Å². The molecule has 1 atom stereocenters. The predicted molar refractivity (Wildman–Crippen MR) is 159 cm³/mol. The minimum Gasteiger partial charge on any atom is -0.494 e. The van der Waals surface area contributed by atoms with Crippen LogP contribution in [0.15, 0.2) is 95.8 Å². The summed E-state index contributed by atoms with van der Waals surface area (Å²) < 4.78 is 20.6. The Hall–Kier alpha value is -3.77. The summed E-state index contributed by atoms with van der Waals surface area (Å²) in [7, 11) is -1.17. The molecule has 0 bridgehead atoms. The number of benzene rings is 3. The van der Waals surface area contributed by atoms with E-state index in [2.05, 4.69) is 47.7 Å². The van der Waals surface area contributed by atoms with E-state index in [-0.39, 0.29) is 5.78 Å². The Morgan fingerprint density at radius 1 is 0.974 bits per heavy atom. The fourth-order valence-electron chi connectivity index (χ4n) is 4.31. The van der Waals surface area contributed by atoms with Crippen LogP contribution < -0.4 is 4.74 Å². The summed E-state index contributed by atoms with van der Waals surface area (Å²) in [4.78, 5) is 17.9. The number of aromatic nitrogens is 2. The van der Waals surface area contributed by atoms with E-state index in [1.807, 2.05) is 61.5 Å². The molecule has 0 unspecified atom stereocenters. The zero-order chi connectivity index (χ0) is 27.6. The summed E-state index contributed by atoms with van der Waals surface area (Å²) in [5.74, 6) is 1.36. The van der Waals surface area contributed by atoms with Crippen molar-refractivity contribution in [2.75, 3.05) is 6.61 Å². The number of nitrogens with zero attached hydrogens (tertiary/aromatic N) is 2. The standard InChI is InChI=1S/C33H36N2O3S/c1-4-17-35-24-34-22-30(35)23-39(37)32-15-9-26(10-16-32)21-33(36)25(3)19-27-7-6-8-29(20-27)28-11-13-31(14-12-28)38-18-5-2/h6-16,19-20,22,24H,4-5,17-18,21,23H2,1-3H3/b25-19+/t39-/m0/s1. The molecule has 1 aromatic heterocycles. The van der Waals surface area contributed by atoms with Crippen LogP contribution in [0.5, 0.6) is 5.75 Å². The van der Waals surface area contributed by atoms with E-state index in [4.69, 9.17) is 4.74 Å². The maximum atomic E-state index is 13.0. The second-order valence-electron chi connectivity index (χ2n) is 9.64. The van der Waals surface area contributed by atoms with Gasteiger partial charge in [0.25, 0.3) is 0 Å². The summed E-state index contributed by atoms with van der Waals surface area (Å²) in [6, 6.07) is 23.8. The molecule has 0 fully saturated rings. The van der Waals surface area contributed by atoms with Crippen LogP contribution in [-0.4, -0.2) is 26.2 Å². The van der Waals surface area contributed by atoms with E-state index in [0.29, 0.717) is 24.4 Å². The van der Waals surface area contributed by atoms with Crippen molar-refractivity contribution in [3.63, 3.8) is 0 Å². The molecular formula is C33H36N2O3S. The lowest BCUT2D eigenvalue weighted by molar-refractivity contribution is -0.114. The Morgan fingerprint density at radius 2 is 1.74 bits per heavy atom. The minimum atomic E-state index is -1.17. The summed E-state index contributed by atoms with van der Waals surface area (Å²) in [5.41, 5.74) is 5.75. The molecule has 0 saturated heterocycles. The van der Waals surface area contributed by atoms with Crippen molar-refractivity contribution in [1.82, 2.24) is 9.55 Å². The highest BCUT2D eigenvalue weighted by Crippen LogP contribution is 2.24. The van der Waals surface area contributed by atoms with E-state index in [1.165, 1.54) is 0 Å². The smallest absolute Gasteiger partial charge is 0.162 e. The molecule has 0 N–H and O–H groups in total. The van der Waals surface area contributed by atoms with Crippen LogP contribution in [0.4, 0.5) is 0 Å². The van der Waals surface area contributed by atoms with E-state index in [9.17, 15) is 9.00 Å². The number of allylic oxidation sites excluding steroid dienone is 1. The number of hydrogen-bond acceptors (Lipinski definition) is 4. The average Bonchev–Trinajstić information content (AvgIpc) is 3.39. The highest BCUT2D eigenvalue weighted by Gasteiger charge is 2.11. The van der Waals surface area contributed by atoms with Crippen molar-refractivity contribution in [3.05, 3.63) is 108 Å². The third-order valence-electron chi connectivity index (χ3n) is 6.46. The number of hydrogen-bond donors (Lipinski definition) is 0. The zero-order valence-corrected chi connectivity index (χ0v) is 23.7. The van der Waals surface area contributed by atoms with Crippen LogP contribution >= 0.6 is 0 Å². The first kappa shape index (κ1) is 28.2. The Morgan fingerprint density at radius 3 is 2.46 bits per heavy atom. The number of imidazole rings is 1. The molecular weight excluding hydrogens is 504 g/mol. The largest absolute Gasteiger partial charge is 0.494 e. The van der Waals surface area contributed by atoms with Crippen molar-refractivity contribution in [3.8, 4) is 16.9 Å². The number of ether oxygens (including phenoxy) is 1. The van der Waals surface area contributed by atoms with Crippen molar-refractivity contribution < 1.29 is 13.7 Å². The van der Waals surface area contributed by atoms with Gasteiger partial charge in [-0.25, -0.2) is 4.98 Å². The first-order valence-corrected chi connectivity index (χ1v) is 14.8. The highest BCUT2D eigenvalue weighted by molar-refractivity contribution is 7.84. The van der Waals surface area contributed by atoms with Crippen molar-refractivity contribution in [2.24, 2.45) is 0 Å². The molecule has 5 nitrogen and oxygen atoms in total. The maximum absolute atomic E-state index is 13.0. The molecule has 4 rings (SSSR count). The van der Waals surface area contributed by atoms with E-state index >= 15 is 0 Å². The Labute approximate surface area is 234 Å². The number of ketones is 1. The summed E-state index contributed by atoms with van der Waals surface area (Å²) in [6.45, 7) is 7.64. The van der Waals surface area contributed by atoms with Crippen LogP contribution in [-0.2, 0) is 34.3 Å². The van der Waals surface area contributed by atoms with Crippen molar-refractivity contribution in [2.45, 2.75) is 57.2 Å². The van der Waals surface area contributed by atoms with Gasteiger partial charge in [0.1, 0.15) is 5.75 Å². The molecule has 0 radical (unpaired) electrons. The molecule has 39 heavy (non-hydrogen) atoms. The number of carbonyl (C=O) groups excluding carboxylic acids is 1. The number of Topliss-reactive ketones (excluding diaryl/α,β-unsaturated/α-hetero) is 1. The number of aryl methyl sites for hydroxylation is 1. The lowest BCUT2D eigenvalue weighted by Gasteiger charge is -2.08. The fourth-order valence-corrected chi connectivity index (χ4v) is 5.43. The van der Waals surface area contributed by atoms with E-state index in [0.717, 1.165) is 58.0 Å². The van der Waals surface area contributed by atoms with Gasteiger partial charge in [-0.05, 0) is 84.0 Å². The average molecular weight is 541 g/mol. The third kappa shape index (κ3) is 7.87. The second kappa shape index (κ2) is 13.9. The quantitative estimate of drug-likeness (QED) is 0.167. The zero-order valence-electron chi connectivity index (χ0n) is 22.9. The first-order chi connectivity index (χ1) is 19.0. The van der Waals surface area contributed by atoms with Crippen LogP contribution in [0, 0.1) is 0 Å². The molecule has 0 aliphatic rings. The molecule has 202 valence electrons. The lowest BCUT2D eigenvalue weighted by Crippen LogP contribution is -2.06. The van der Waals surface area contributed by atoms with Gasteiger partial charge in [0.15, 0.2) is 5.78 Å². The maximum Gasteiger partial charge on any atom is 0.162 e. The predicted octanol–water partition coefficient (Wildman–Crippen LogP) is 7.27. The summed E-state index contributed by atoms with van der Waals surface area (Å²) >= 11 is 0. The van der Waals surface area contributed by atoms with Gasteiger partial charge < -0.3 is 9.30 Å². The second-order valence-corrected chi connectivity index (χ2v) is 11.1. The summed E-state index contributed by atoms with van der Waals surface area (Å²) in [6.07, 6.45) is 7.79. The monoisotopic (exact) mass is 540 g/mol. The molecule has 0 spiro atoms. The van der Waals surface area contributed by atoms with E-state index < -0.39 is 10.8 Å². The summed E-state index contributed by atoms with van der Waals surface area (Å²) in [5, 5.41) is 0. The van der Waals surface area contributed by atoms with Crippen LogP contribution in [0.25, 0.3) is 17.2 Å². The Balaban J connectivity index is 1.37. The van der Waals surface area contributed by atoms with Crippen LogP contribution in [0.3, 0.4) is 0 Å². The van der Waals surface area contributed by atoms with Gasteiger partial charge in [0.2, 0.25) is 0 Å². The van der Waals surface area contributed by atoms with Gasteiger partial charge in [-0.15, -0.1) is 0 Å². The highest BCUT2D eigenvalue weighted by atomic mass is 32.2. The number of carbonyl (C=O) groups is 1. The van der Waals surface area contributed by atoms with Crippen molar-refractivity contribution >= 4 is 22.7 Å². The van der Waals surface area contributed by atoms with E-state index in [1.54, 1.807) is 12.5 Å². The SMILES string of the molecule is CCCOc1ccc(-c2cccc(/C=C(\C)C(=O)Cc3ccc([S@@](=O)Cc4cncn4CCC)cc3)c2)cc1. The third-order valence-corrected chi connectivity index (χ3v) is 7.82. The van der Waals surface area contributed by atoms with Gasteiger partial charge in [0.05, 0.1) is 35.2 Å². The lowest BCUT2D eigenvalue weighted by atomic mass is 9.99. The molecule has 1 heterocycles. The Kier molecular flexibility index (Phi) is 10.0. The fraction of sp³-hybridized carbons (Fsp3) is 0.273. The first-order valence-electron chi connectivity index (χ1n) is 13.5. The molecule has 0 amide bonds. The molecule has 6 heteroatoms. The van der Waals surface area contributed by atoms with Crippen molar-refractivity contribution in [1.29, 1.82) is 0 Å². The molecule has 0 saturated carbocycles. The van der Waals surface area contributed by atoms with Gasteiger partial charge in [-0.2, -0.15) is 0 Å². The van der Waals surface area contributed by atoms with Gasteiger partial charge in [-0.1, -0.05) is 56.3 Å². The van der Waals surface area contributed by atoms with Crippen LogP contribution in [0.1, 0.15) is 50.4 Å². The molecule has 0 aliphatic heterocycles. The normalized spacial score (nSPS) is 12.3. The molecule has 3 aromatic carbocycles. The molecule has 0 aliphatic carbocycles. The topological polar surface area (TPSA) is 61.2 Å². The minimum absolute atomic E-state index is 0.0650. The Bertz CT molecular complexity index is 1440. The van der Waals surface area contributed by atoms with Gasteiger partial charge in [-0.3, -0.25) is 9.00 Å².